The predicted octanol–water partition coefficient (Wildman–Crippen LogP) is 2.39. The first-order valence-corrected chi connectivity index (χ1v) is 9.44. The van der Waals surface area contributed by atoms with Crippen LogP contribution in [0.1, 0.15) is 43.5 Å². The smallest absolute Gasteiger partial charge is 0.255 e. The molecular formula is C19H30N4O. The molecule has 0 saturated carbocycles. The molecule has 1 amide bonds. The zero-order valence-electron chi connectivity index (χ0n) is 15.0. The molecule has 132 valence electrons. The summed E-state index contributed by atoms with van der Waals surface area (Å²) in [4.78, 5) is 21.6. The molecule has 0 aromatic carbocycles. The highest BCUT2D eigenvalue weighted by atomic mass is 16.2. The maximum atomic E-state index is 12.8. The van der Waals surface area contributed by atoms with Crippen molar-refractivity contribution in [2.24, 2.45) is 11.8 Å². The average molecular weight is 330 g/mol. The molecule has 0 radical (unpaired) electrons. The number of carbonyl (C=O) groups excluding carboxylic acids is 1. The number of rotatable bonds is 5. The van der Waals surface area contributed by atoms with E-state index in [1.165, 1.54) is 0 Å². The maximum absolute atomic E-state index is 12.8. The number of nitrogens with one attached hydrogen (secondary N) is 1. The Balaban J connectivity index is 1.64. The molecule has 3 heterocycles. The fraction of sp³-hybridized carbons (Fsp3) is 0.684. The largest absolute Gasteiger partial charge is 0.357 e. The molecule has 0 bridgehead atoms. The third-order valence-electron chi connectivity index (χ3n) is 5.50. The number of nitrogens with zero attached hydrogens (tertiary/aromatic N) is 3. The summed E-state index contributed by atoms with van der Waals surface area (Å²) in [6, 6.07) is 3.93. The molecule has 5 heteroatoms. The molecule has 0 unspecified atom stereocenters. The molecule has 2 atom stereocenters. The Morgan fingerprint density at radius 2 is 1.96 bits per heavy atom. The summed E-state index contributed by atoms with van der Waals surface area (Å²) in [5, 5.41) is 3.48. The van der Waals surface area contributed by atoms with Crippen LogP contribution >= 0.6 is 0 Å². The van der Waals surface area contributed by atoms with Crippen molar-refractivity contribution in [3.8, 4) is 0 Å². The molecule has 2 fully saturated rings. The zero-order valence-corrected chi connectivity index (χ0v) is 15.0. The number of pyridine rings is 1. The van der Waals surface area contributed by atoms with E-state index in [1.54, 1.807) is 6.20 Å². The fourth-order valence-electron chi connectivity index (χ4n) is 4.01. The van der Waals surface area contributed by atoms with Gasteiger partial charge in [0.2, 0.25) is 0 Å². The highest BCUT2D eigenvalue weighted by Gasteiger charge is 2.31. The molecule has 2 saturated heterocycles. The number of aromatic nitrogens is 1. The standard InChI is InChI=1S/C19H30N4O/c1-3-9-22(4-2)18-6-5-17(14-21-18)19(24)23-10-7-15-12-20-13-16(15)8-11-23/h5-6,14-16,20H,3-4,7-13H2,1-2H3/t15-,16+. The third-order valence-corrected chi connectivity index (χ3v) is 5.50. The number of fused-ring (bicyclic) bond motifs is 1. The van der Waals surface area contributed by atoms with E-state index in [0.717, 1.165) is 81.7 Å². The zero-order chi connectivity index (χ0) is 16.9. The molecule has 1 N–H and O–H groups in total. The normalized spacial score (nSPS) is 23.7. The Bertz CT molecular complexity index is 531. The van der Waals surface area contributed by atoms with Crippen molar-refractivity contribution in [1.29, 1.82) is 0 Å². The van der Waals surface area contributed by atoms with Crippen LogP contribution in [0.5, 0.6) is 0 Å². The first-order valence-electron chi connectivity index (χ1n) is 9.44. The van der Waals surface area contributed by atoms with E-state index in [2.05, 4.69) is 29.0 Å². The van der Waals surface area contributed by atoms with Crippen molar-refractivity contribution in [3.63, 3.8) is 0 Å². The van der Waals surface area contributed by atoms with Gasteiger partial charge in [-0.1, -0.05) is 6.92 Å². The van der Waals surface area contributed by atoms with Gasteiger partial charge >= 0.3 is 0 Å². The second kappa shape index (κ2) is 7.97. The van der Waals surface area contributed by atoms with Crippen molar-refractivity contribution in [2.75, 3.05) is 44.2 Å². The summed E-state index contributed by atoms with van der Waals surface area (Å²) in [6.07, 6.45) is 5.09. The van der Waals surface area contributed by atoms with Gasteiger partial charge in [-0.15, -0.1) is 0 Å². The van der Waals surface area contributed by atoms with Crippen LogP contribution in [-0.4, -0.2) is 55.1 Å². The summed E-state index contributed by atoms with van der Waals surface area (Å²) >= 11 is 0. The Kier molecular flexibility index (Phi) is 5.72. The van der Waals surface area contributed by atoms with Crippen LogP contribution < -0.4 is 10.2 Å². The van der Waals surface area contributed by atoms with Gasteiger partial charge in [0.25, 0.3) is 5.91 Å². The number of anilines is 1. The molecule has 24 heavy (non-hydrogen) atoms. The summed E-state index contributed by atoms with van der Waals surface area (Å²) in [5.41, 5.74) is 0.719. The number of hydrogen-bond donors (Lipinski definition) is 1. The van der Waals surface area contributed by atoms with Crippen LogP contribution in [0.2, 0.25) is 0 Å². The molecule has 3 rings (SSSR count). The van der Waals surface area contributed by atoms with Crippen molar-refractivity contribution in [3.05, 3.63) is 23.9 Å². The van der Waals surface area contributed by atoms with Crippen LogP contribution in [0.4, 0.5) is 5.82 Å². The van der Waals surface area contributed by atoms with Gasteiger partial charge in [0.05, 0.1) is 5.56 Å². The Morgan fingerprint density at radius 3 is 2.50 bits per heavy atom. The van der Waals surface area contributed by atoms with Gasteiger partial charge in [0.1, 0.15) is 5.82 Å². The minimum Gasteiger partial charge on any atom is -0.357 e. The average Bonchev–Trinajstić information content (AvgIpc) is 2.98. The predicted molar refractivity (Wildman–Crippen MR) is 97.4 cm³/mol. The second-order valence-corrected chi connectivity index (χ2v) is 7.03. The summed E-state index contributed by atoms with van der Waals surface area (Å²) in [5.74, 6) is 2.60. The molecule has 2 aliphatic heterocycles. The minimum absolute atomic E-state index is 0.139. The molecule has 1 aromatic rings. The van der Waals surface area contributed by atoms with E-state index in [-0.39, 0.29) is 5.91 Å². The Labute approximate surface area is 145 Å². The summed E-state index contributed by atoms with van der Waals surface area (Å²) < 4.78 is 0. The highest BCUT2D eigenvalue weighted by molar-refractivity contribution is 5.94. The van der Waals surface area contributed by atoms with Gasteiger partial charge in [-0.25, -0.2) is 4.98 Å². The molecule has 5 nitrogen and oxygen atoms in total. The van der Waals surface area contributed by atoms with E-state index in [0.29, 0.717) is 0 Å². The van der Waals surface area contributed by atoms with Crippen molar-refractivity contribution in [1.82, 2.24) is 15.2 Å². The third kappa shape index (κ3) is 3.72. The molecule has 1 aromatic heterocycles. The van der Waals surface area contributed by atoms with Gasteiger partial charge < -0.3 is 15.1 Å². The van der Waals surface area contributed by atoms with Gasteiger partial charge in [-0.2, -0.15) is 0 Å². The first-order chi connectivity index (χ1) is 11.7. The quantitative estimate of drug-likeness (QED) is 0.900. The van der Waals surface area contributed by atoms with Crippen molar-refractivity contribution < 1.29 is 4.79 Å². The lowest BCUT2D eigenvalue weighted by Crippen LogP contribution is -2.33. The van der Waals surface area contributed by atoms with E-state index < -0.39 is 0 Å². The van der Waals surface area contributed by atoms with E-state index in [9.17, 15) is 4.79 Å². The van der Waals surface area contributed by atoms with Crippen LogP contribution in [0.3, 0.4) is 0 Å². The lowest BCUT2D eigenvalue weighted by Gasteiger charge is -2.23. The lowest BCUT2D eigenvalue weighted by molar-refractivity contribution is 0.0758. The minimum atomic E-state index is 0.139. The van der Waals surface area contributed by atoms with Crippen LogP contribution in [0.25, 0.3) is 0 Å². The highest BCUT2D eigenvalue weighted by Crippen LogP contribution is 2.27. The Hall–Kier alpha value is -1.62. The van der Waals surface area contributed by atoms with Crippen LogP contribution in [0.15, 0.2) is 18.3 Å². The van der Waals surface area contributed by atoms with E-state index in [1.807, 2.05) is 17.0 Å². The van der Waals surface area contributed by atoms with Gasteiger partial charge in [0.15, 0.2) is 0 Å². The second-order valence-electron chi connectivity index (χ2n) is 7.03. The lowest BCUT2D eigenvalue weighted by atomic mass is 9.92. The molecule has 0 spiro atoms. The number of carbonyl (C=O) groups is 1. The molecule has 2 aliphatic rings. The van der Waals surface area contributed by atoms with Crippen LogP contribution in [0, 0.1) is 11.8 Å². The van der Waals surface area contributed by atoms with Gasteiger partial charge in [0, 0.05) is 32.4 Å². The first kappa shape index (κ1) is 17.2. The van der Waals surface area contributed by atoms with Crippen LogP contribution in [-0.2, 0) is 0 Å². The number of amides is 1. The topological polar surface area (TPSA) is 48.5 Å². The van der Waals surface area contributed by atoms with Crippen molar-refractivity contribution in [2.45, 2.75) is 33.1 Å². The van der Waals surface area contributed by atoms with Gasteiger partial charge in [-0.3, -0.25) is 4.79 Å². The van der Waals surface area contributed by atoms with E-state index in [4.69, 9.17) is 0 Å². The van der Waals surface area contributed by atoms with Crippen molar-refractivity contribution >= 4 is 11.7 Å². The summed E-state index contributed by atoms with van der Waals surface area (Å²) in [7, 11) is 0. The number of likely N-dealkylation sites (tertiary alicyclic amines) is 1. The van der Waals surface area contributed by atoms with Gasteiger partial charge in [-0.05, 0) is 63.2 Å². The monoisotopic (exact) mass is 330 g/mol. The molecular weight excluding hydrogens is 300 g/mol. The summed E-state index contributed by atoms with van der Waals surface area (Å²) in [6.45, 7) is 10.2. The van der Waals surface area contributed by atoms with E-state index >= 15 is 0 Å². The SMILES string of the molecule is CCCN(CC)c1ccc(C(=O)N2CC[C@@H]3CNC[C@@H]3CC2)cn1. The molecule has 0 aliphatic carbocycles. The Morgan fingerprint density at radius 1 is 1.25 bits per heavy atom. The maximum Gasteiger partial charge on any atom is 0.255 e. The fourth-order valence-corrected chi connectivity index (χ4v) is 4.01. The number of hydrogen-bond acceptors (Lipinski definition) is 4.